The van der Waals surface area contributed by atoms with Crippen LogP contribution in [0.25, 0.3) is 0 Å². The minimum absolute atomic E-state index is 0. The van der Waals surface area contributed by atoms with Gasteiger partial charge in [0.15, 0.2) is 0 Å². The van der Waals surface area contributed by atoms with E-state index in [9.17, 15) is 24.6 Å². The minimum atomic E-state index is -1.43. The van der Waals surface area contributed by atoms with E-state index in [0.717, 1.165) is 17.3 Å². The summed E-state index contributed by atoms with van der Waals surface area (Å²) in [6.07, 6.45) is 0.799. The number of nitrogens with one attached hydrogen (secondary N) is 1. The number of carbonyl (C=O) groups excluding carboxylic acids is 3. The van der Waals surface area contributed by atoms with Crippen LogP contribution in [0.2, 0.25) is 0 Å². The third-order valence-corrected chi connectivity index (χ3v) is 5.54. The Morgan fingerprint density at radius 3 is 2.68 bits per heavy atom. The summed E-state index contributed by atoms with van der Waals surface area (Å²) >= 11 is 1.08. The first-order chi connectivity index (χ1) is 12.9. The number of aliphatic hydroxyl groups is 1. The number of rotatable bonds is 7. The molecule has 9 heteroatoms. The van der Waals surface area contributed by atoms with Crippen molar-refractivity contribution in [1.29, 1.82) is 0 Å². The number of carboxylic acid groups (broad SMARTS) is 1. The zero-order valence-corrected chi connectivity index (χ0v) is 18.4. The van der Waals surface area contributed by atoms with Crippen molar-refractivity contribution in [3.05, 3.63) is 58.0 Å². The molecular formula is C19H19N2NaO5S. The Morgan fingerprint density at radius 2 is 2.07 bits per heavy atom. The molecule has 142 valence electrons. The van der Waals surface area contributed by atoms with E-state index in [-0.39, 0.29) is 47.2 Å². The summed E-state index contributed by atoms with van der Waals surface area (Å²) in [4.78, 5) is 37.0. The summed E-state index contributed by atoms with van der Waals surface area (Å²) in [5.74, 6) is -2.74. The van der Waals surface area contributed by atoms with Crippen molar-refractivity contribution in [2.75, 3.05) is 0 Å². The van der Waals surface area contributed by atoms with Crippen molar-refractivity contribution in [1.82, 2.24) is 10.2 Å². The fraction of sp³-hybridized carbons (Fsp3) is 0.316. The van der Waals surface area contributed by atoms with E-state index in [4.69, 9.17) is 0 Å². The number of thioether (sulfide) groups is 1. The number of benzene rings is 1. The maximum atomic E-state index is 12.1. The molecule has 2 aliphatic heterocycles. The maximum absolute atomic E-state index is 12.1. The summed E-state index contributed by atoms with van der Waals surface area (Å²) < 4.78 is 0. The average molecular weight is 410 g/mol. The SMILES string of the molecule is C[C@H](O)[C@@H]1C(=O)N2C(C(=O)[O-])=C(SC=CC(=O)NCc3ccccc3)C[C@H]12.[Na+]. The van der Waals surface area contributed by atoms with E-state index >= 15 is 0 Å². The summed E-state index contributed by atoms with van der Waals surface area (Å²) in [7, 11) is 0. The van der Waals surface area contributed by atoms with E-state index in [1.807, 2.05) is 30.3 Å². The molecule has 1 aromatic rings. The molecule has 0 radical (unpaired) electrons. The number of carbonyl (C=O) groups is 3. The van der Waals surface area contributed by atoms with Gasteiger partial charge in [0.1, 0.15) is 0 Å². The molecule has 1 fully saturated rings. The number of carboxylic acids is 1. The van der Waals surface area contributed by atoms with Crippen LogP contribution >= 0.6 is 11.8 Å². The van der Waals surface area contributed by atoms with Crippen molar-refractivity contribution in [2.24, 2.45) is 5.92 Å². The molecule has 1 saturated heterocycles. The molecule has 0 bridgehead atoms. The number of β-lactam (4-membered cyclic amide) rings is 1. The fourth-order valence-electron chi connectivity index (χ4n) is 3.35. The number of fused-ring (bicyclic) bond motifs is 1. The quantitative estimate of drug-likeness (QED) is 0.284. The summed E-state index contributed by atoms with van der Waals surface area (Å²) in [6, 6.07) is 9.08. The Hall–Kier alpha value is -1.58. The van der Waals surface area contributed by atoms with Gasteiger partial charge in [0.25, 0.3) is 0 Å². The molecule has 28 heavy (non-hydrogen) atoms. The fourth-order valence-corrected chi connectivity index (χ4v) is 4.26. The van der Waals surface area contributed by atoms with Gasteiger partial charge < -0.3 is 25.2 Å². The number of amides is 2. The first-order valence-corrected chi connectivity index (χ1v) is 9.38. The molecule has 7 nitrogen and oxygen atoms in total. The Labute approximate surface area is 189 Å². The number of hydrogen-bond donors (Lipinski definition) is 2. The van der Waals surface area contributed by atoms with E-state index in [1.165, 1.54) is 23.3 Å². The summed E-state index contributed by atoms with van der Waals surface area (Å²) in [5.41, 5.74) is 0.804. The number of hydrogen-bond acceptors (Lipinski definition) is 6. The van der Waals surface area contributed by atoms with E-state index in [2.05, 4.69) is 5.32 Å². The Balaban J connectivity index is 0.00000280. The van der Waals surface area contributed by atoms with Gasteiger partial charge in [-0.3, -0.25) is 9.59 Å². The number of nitrogens with zero attached hydrogens (tertiary/aromatic N) is 1. The molecule has 3 rings (SSSR count). The number of aliphatic carboxylic acids is 1. The van der Waals surface area contributed by atoms with Crippen LogP contribution in [0.4, 0.5) is 0 Å². The van der Waals surface area contributed by atoms with Crippen molar-refractivity contribution < 1.29 is 54.2 Å². The molecule has 0 spiro atoms. The summed E-state index contributed by atoms with van der Waals surface area (Å²) in [5, 5.41) is 25.4. The van der Waals surface area contributed by atoms with Crippen LogP contribution in [-0.2, 0) is 20.9 Å². The smallest absolute Gasteiger partial charge is 0.543 e. The second kappa shape index (κ2) is 9.76. The molecule has 0 saturated carbocycles. The van der Waals surface area contributed by atoms with E-state index in [0.29, 0.717) is 17.9 Å². The van der Waals surface area contributed by atoms with Gasteiger partial charge in [-0.05, 0) is 17.9 Å². The standard InChI is InChI=1S/C19H20N2O5S.Na/c1-11(22)16-13-9-14(17(19(25)26)21(13)18(16)24)27-8-7-15(23)20-10-12-5-3-2-4-6-12;/h2-8,11,13,16,22H,9-10H2,1H3,(H,20,23)(H,25,26);/q;+1/p-1/t11-,13+,16-;/m0./s1. The van der Waals surface area contributed by atoms with Crippen molar-refractivity contribution in [3.63, 3.8) is 0 Å². The van der Waals surface area contributed by atoms with Gasteiger partial charge in [-0.15, -0.1) is 11.8 Å². The zero-order chi connectivity index (χ0) is 19.6. The molecular weight excluding hydrogens is 391 g/mol. The Bertz CT molecular complexity index is 825. The van der Waals surface area contributed by atoms with Crippen LogP contribution < -0.4 is 40.0 Å². The molecule has 2 N–H and O–H groups in total. The molecule has 0 aromatic heterocycles. The molecule has 2 heterocycles. The molecule has 0 aliphatic carbocycles. The van der Waals surface area contributed by atoms with Gasteiger partial charge >= 0.3 is 29.6 Å². The van der Waals surface area contributed by atoms with Crippen LogP contribution in [0, 0.1) is 5.92 Å². The minimum Gasteiger partial charge on any atom is -0.543 e. The first-order valence-electron chi connectivity index (χ1n) is 8.50. The third kappa shape index (κ3) is 4.69. The molecule has 1 aromatic carbocycles. The molecule has 0 unspecified atom stereocenters. The van der Waals surface area contributed by atoms with Gasteiger partial charge in [-0.1, -0.05) is 30.3 Å². The van der Waals surface area contributed by atoms with Gasteiger partial charge in [-0.25, -0.2) is 0 Å². The van der Waals surface area contributed by atoms with Crippen molar-refractivity contribution in [3.8, 4) is 0 Å². The normalized spacial score (nSPS) is 21.8. The Kier molecular flexibility index (Phi) is 7.91. The zero-order valence-electron chi connectivity index (χ0n) is 15.6. The predicted molar refractivity (Wildman–Crippen MR) is 97.5 cm³/mol. The van der Waals surface area contributed by atoms with Crippen LogP contribution in [-0.4, -0.2) is 39.9 Å². The van der Waals surface area contributed by atoms with Crippen molar-refractivity contribution in [2.45, 2.75) is 32.0 Å². The predicted octanol–water partition coefficient (Wildman–Crippen LogP) is -2.87. The second-order valence-corrected chi connectivity index (χ2v) is 7.43. The topological polar surface area (TPSA) is 110 Å². The first kappa shape index (κ1) is 22.7. The van der Waals surface area contributed by atoms with Crippen LogP contribution in [0.15, 0.2) is 52.4 Å². The molecule has 2 aliphatic rings. The van der Waals surface area contributed by atoms with Crippen LogP contribution in [0.5, 0.6) is 0 Å². The van der Waals surface area contributed by atoms with Gasteiger partial charge in [0.05, 0.1) is 29.7 Å². The molecule has 2 amide bonds. The maximum Gasteiger partial charge on any atom is 1.00 e. The Morgan fingerprint density at radius 1 is 1.39 bits per heavy atom. The summed E-state index contributed by atoms with van der Waals surface area (Å²) in [6.45, 7) is 1.91. The molecule has 3 atom stereocenters. The van der Waals surface area contributed by atoms with Gasteiger partial charge in [0.2, 0.25) is 11.8 Å². The number of aliphatic hydroxyl groups excluding tert-OH is 1. The second-order valence-electron chi connectivity index (χ2n) is 6.43. The monoisotopic (exact) mass is 410 g/mol. The largest absolute Gasteiger partial charge is 1.00 e. The average Bonchev–Trinajstić information content (AvgIpc) is 2.95. The van der Waals surface area contributed by atoms with E-state index in [1.54, 1.807) is 0 Å². The van der Waals surface area contributed by atoms with Crippen LogP contribution in [0.1, 0.15) is 18.9 Å². The van der Waals surface area contributed by atoms with Gasteiger partial charge in [0, 0.05) is 23.9 Å². The van der Waals surface area contributed by atoms with E-state index < -0.39 is 23.9 Å². The van der Waals surface area contributed by atoms with Crippen molar-refractivity contribution >= 4 is 29.5 Å². The third-order valence-electron chi connectivity index (χ3n) is 4.62. The van der Waals surface area contributed by atoms with Crippen LogP contribution in [0.3, 0.4) is 0 Å². The van der Waals surface area contributed by atoms with Gasteiger partial charge in [-0.2, -0.15) is 0 Å².